The van der Waals surface area contributed by atoms with Gasteiger partial charge in [-0.2, -0.15) is 0 Å². The molecule has 3 heteroatoms. The van der Waals surface area contributed by atoms with E-state index in [9.17, 15) is 9.59 Å². The van der Waals surface area contributed by atoms with Crippen molar-refractivity contribution in [3.63, 3.8) is 0 Å². The number of hydrogen-bond donors (Lipinski definition) is 1. The first-order valence-electron chi connectivity index (χ1n) is 8.23. The van der Waals surface area contributed by atoms with Crippen molar-refractivity contribution in [1.29, 1.82) is 0 Å². The third kappa shape index (κ3) is 3.34. The van der Waals surface area contributed by atoms with E-state index in [1.807, 2.05) is 6.08 Å². The van der Waals surface area contributed by atoms with Crippen molar-refractivity contribution in [2.24, 2.45) is 22.7 Å². The number of carboxylic acid groups (broad SMARTS) is 1. The van der Waals surface area contributed by atoms with Crippen molar-refractivity contribution in [3.8, 4) is 0 Å². The van der Waals surface area contributed by atoms with Crippen molar-refractivity contribution in [1.82, 2.24) is 0 Å². The lowest BCUT2D eigenvalue weighted by molar-refractivity contribution is -0.136. The van der Waals surface area contributed by atoms with Gasteiger partial charge in [0.15, 0.2) is 0 Å². The largest absolute Gasteiger partial charge is 0.481 e. The highest BCUT2D eigenvalue weighted by molar-refractivity contribution is 5.83. The number of carbonyl (C=O) groups excluding carboxylic acids is 1. The van der Waals surface area contributed by atoms with Gasteiger partial charge in [0.2, 0.25) is 0 Å². The Balaban J connectivity index is 2.32. The molecular formula is C19H28O3. The number of hydrogen-bond acceptors (Lipinski definition) is 2. The lowest BCUT2D eigenvalue weighted by Crippen LogP contribution is -2.45. The number of carboxylic acids is 1. The molecular weight excluding hydrogens is 276 g/mol. The van der Waals surface area contributed by atoms with Crippen LogP contribution >= 0.6 is 0 Å². The van der Waals surface area contributed by atoms with Gasteiger partial charge >= 0.3 is 5.97 Å². The molecule has 0 saturated heterocycles. The lowest BCUT2D eigenvalue weighted by Gasteiger charge is -2.54. The van der Waals surface area contributed by atoms with Gasteiger partial charge < -0.3 is 5.11 Å². The Labute approximate surface area is 133 Å². The van der Waals surface area contributed by atoms with Crippen molar-refractivity contribution < 1.29 is 14.7 Å². The smallest absolute Gasteiger partial charge is 0.307 e. The first-order chi connectivity index (χ1) is 10.2. The summed E-state index contributed by atoms with van der Waals surface area (Å²) in [5, 5.41) is 8.95. The van der Waals surface area contributed by atoms with E-state index in [0.717, 1.165) is 18.4 Å². The summed E-state index contributed by atoms with van der Waals surface area (Å²) in [5.41, 5.74) is 2.03. The van der Waals surface area contributed by atoms with Gasteiger partial charge in [-0.3, -0.25) is 9.59 Å². The molecule has 2 aliphatic rings. The molecule has 3 nitrogen and oxygen atoms in total. The van der Waals surface area contributed by atoms with Gasteiger partial charge in [-0.15, -0.1) is 0 Å². The van der Waals surface area contributed by atoms with Crippen LogP contribution < -0.4 is 0 Å². The molecule has 0 unspecified atom stereocenters. The van der Waals surface area contributed by atoms with Gasteiger partial charge in [0.05, 0.1) is 6.42 Å². The first-order valence-corrected chi connectivity index (χ1v) is 8.23. The van der Waals surface area contributed by atoms with Crippen LogP contribution in [0.3, 0.4) is 0 Å². The van der Waals surface area contributed by atoms with Crippen LogP contribution in [0.4, 0.5) is 0 Å². The molecule has 0 spiro atoms. The fraction of sp³-hybridized carbons (Fsp3) is 0.684. The van der Waals surface area contributed by atoms with Crippen molar-refractivity contribution in [2.45, 2.75) is 59.3 Å². The van der Waals surface area contributed by atoms with Gasteiger partial charge in [-0.1, -0.05) is 39.0 Å². The van der Waals surface area contributed by atoms with Gasteiger partial charge in [0, 0.05) is 5.92 Å². The SMILES string of the molecule is C=C1CC[C@H]2CC(C)(C)CC[C@]2(C)[C@H]1/C=C(\C=O)CC(=O)O. The average molecular weight is 304 g/mol. The molecule has 22 heavy (non-hydrogen) atoms. The molecule has 0 aromatic carbocycles. The van der Waals surface area contributed by atoms with Crippen LogP contribution in [0.25, 0.3) is 0 Å². The highest BCUT2D eigenvalue weighted by Gasteiger charge is 2.49. The maximum absolute atomic E-state index is 11.2. The number of aldehydes is 1. The summed E-state index contributed by atoms with van der Waals surface area (Å²) in [6.45, 7) is 11.2. The second kappa shape index (κ2) is 6.02. The summed E-state index contributed by atoms with van der Waals surface area (Å²) in [6.07, 6.45) is 8.04. The number of fused-ring (bicyclic) bond motifs is 1. The maximum Gasteiger partial charge on any atom is 0.307 e. The van der Waals surface area contributed by atoms with Gasteiger partial charge in [-0.25, -0.2) is 0 Å². The summed E-state index contributed by atoms with van der Waals surface area (Å²) in [5.74, 6) is -0.200. The molecule has 0 aliphatic heterocycles. The van der Waals surface area contributed by atoms with E-state index in [1.165, 1.54) is 19.3 Å². The minimum Gasteiger partial charge on any atom is -0.481 e. The Bertz CT molecular complexity index is 515. The molecule has 0 heterocycles. The molecule has 3 atom stereocenters. The zero-order chi connectivity index (χ0) is 16.5. The summed E-state index contributed by atoms with van der Waals surface area (Å²) >= 11 is 0. The van der Waals surface area contributed by atoms with Crippen LogP contribution in [0.5, 0.6) is 0 Å². The van der Waals surface area contributed by atoms with Gasteiger partial charge in [-0.05, 0) is 54.4 Å². The van der Waals surface area contributed by atoms with Crippen LogP contribution in [0.1, 0.15) is 59.3 Å². The molecule has 2 rings (SSSR count). The third-order valence-corrected chi connectivity index (χ3v) is 5.92. The van der Waals surface area contributed by atoms with E-state index < -0.39 is 5.97 Å². The van der Waals surface area contributed by atoms with Crippen molar-refractivity contribution >= 4 is 12.3 Å². The lowest BCUT2D eigenvalue weighted by atomic mass is 9.50. The monoisotopic (exact) mass is 304 g/mol. The van der Waals surface area contributed by atoms with Crippen LogP contribution in [0.15, 0.2) is 23.8 Å². The molecule has 2 fully saturated rings. The van der Waals surface area contributed by atoms with Crippen LogP contribution in [0, 0.1) is 22.7 Å². The van der Waals surface area contributed by atoms with E-state index in [4.69, 9.17) is 5.11 Å². The fourth-order valence-corrected chi connectivity index (χ4v) is 4.47. The second-order valence-corrected chi connectivity index (χ2v) is 8.18. The Hall–Kier alpha value is -1.38. The van der Waals surface area contributed by atoms with Crippen LogP contribution in [-0.2, 0) is 9.59 Å². The fourth-order valence-electron chi connectivity index (χ4n) is 4.47. The summed E-state index contributed by atoms with van der Waals surface area (Å²) in [6, 6.07) is 0. The number of aliphatic carboxylic acids is 1. The standard InChI is InChI=1S/C19H28O3/c1-13-5-6-15-11-18(2,3)7-8-19(15,4)16(13)9-14(12-20)10-17(21)22/h9,12,15-16H,1,5-8,10-11H2,2-4H3,(H,21,22)/b14-9-/t15-,16-,19-/m0/s1. The Morgan fingerprint density at radius 1 is 1.36 bits per heavy atom. The van der Waals surface area contributed by atoms with Crippen molar-refractivity contribution in [3.05, 3.63) is 23.8 Å². The van der Waals surface area contributed by atoms with Gasteiger partial charge in [0.1, 0.15) is 6.29 Å². The topological polar surface area (TPSA) is 54.4 Å². The average Bonchev–Trinajstić information content (AvgIpc) is 2.42. The first kappa shape index (κ1) is 17.0. The van der Waals surface area contributed by atoms with E-state index >= 15 is 0 Å². The normalized spacial score (nSPS) is 34.9. The zero-order valence-corrected chi connectivity index (χ0v) is 14.0. The predicted molar refractivity (Wildman–Crippen MR) is 87.5 cm³/mol. The molecule has 0 aromatic rings. The van der Waals surface area contributed by atoms with E-state index in [-0.39, 0.29) is 17.8 Å². The van der Waals surface area contributed by atoms with Crippen molar-refractivity contribution in [2.75, 3.05) is 0 Å². The number of carbonyl (C=O) groups is 2. The summed E-state index contributed by atoms with van der Waals surface area (Å²) in [7, 11) is 0. The molecule has 1 N–H and O–H groups in total. The quantitative estimate of drug-likeness (QED) is 0.476. The molecule has 0 aromatic heterocycles. The number of allylic oxidation sites excluding steroid dienone is 2. The third-order valence-electron chi connectivity index (χ3n) is 5.92. The Morgan fingerprint density at radius 2 is 2.05 bits per heavy atom. The molecule has 2 saturated carbocycles. The molecule has 0 bridgehead atoms. The van der Waals surface area contributed by atoms with E-state index in [1.54, 1.807) is 0 Å². The number of rotatable bonds is 4. The minimum atomic E-state index is -0.953. The minimum absolute atomic E-state index is 0.109. The molecule has 122 valence electrons. The molecule has 2 aliphatic carbocycles. The van der Waals surface area contributed by atoms with E-state index in [0.29, 0.717) is 23.2 Å². The molecule has 0 radical (unpaired) electrons. The Morgan fingerprint density at radius 3 is 2.64 bits per heavy atom. The van der Waals surface area contributed by atoms with Crippen LogP contribution in [0.2, 0.25) is 0 Å². The highest BCUT2D eigenvalue weighted by atomic mass is 16.4. The zero-order valence-electron chi connectivity index (χ0n) is 14.0. The maximum atomic E-state index is 11.2. The molecule has 0 amide bonds. The van der Waals surface area contributed by atoms with Gasteiger partial charge in [0.25, 0.3) is 0 Å². The van der Waals surface area contributed by atoms with Crippen LogP contribution in [-0.4, -0.2) is 17.4 Å². The predicted octanol–water partition coefficient (Wildman–Crippen LogP) is 4.39. The van der Waals surface area contributed by atoms with E-state index in [2.05, 4.69) is 27.4 Å². The summed E-state index contributed by atoms with van der Waals surface area (Å²) < 4.78 is 0. The summed E-state index contributed by atoms with van der Waals surface area (Å²) in [4.78, 5) is 22.1. The second-order valence-electron chi connectivity index (χ2n) is 8.18. The highest BCUT2D eigenvalue weighted by Crippen LogP contribution is 2.59. The Kier molecular flexibility index (Phi) is 4.65.